The highest BCUT2D eigenvalue weighted by atomic mass is 16.5. The fourth-order valence-electron chi connectivity index (χ4n) is 4.65. The number of hydrogen-bond donors (Lipinski definition) is 1. The first-order chi connectivity index (χ1) is 16.4. The second-order valence-electron chi connectivity index (χ2n) is 8.99. The van der Waals surface area contributed by atoms with Crippen LogP contribution in [-0.4, -0.2) is 37.4 Å². The zero-order valence-electron chi connectivity index (χ0n) is 20.3. The molecule has 5 heteroatoms. The summed E-state index contributed by atoms with van der Waals surface area (Å²) in [5, 5.41) is 3.58. The van der Waals surface area contributed by atoms with Gasteiger partial charge in [0.25, 0.3) is 0 Å². The Hall–Kier alpha value is -3.44. The minimum Gasteiger partial charge on any atom is -0.462 e. The molecule has 0 bridgehead atoms. The van der Waals surface area contributed by atoms with Crippen LogP contribution in [0.5, 0.6) is 0 Å². The number of esters is 1. The van der Waals surface area contributed by atoms with Gasteiger partial charge in [0.2, 0.25) is 0 Å². The Morgan fingerprint density at radius 3 is 2.18 bits per heavy atom. The molecule has 2 unspecified atom stereocenters. The van der Waals surface area contributed by atoms with Crippen molar-refractivity contribution in [3.05, 3.63) is 100 Å². The second kappa shape index (κ2) is 10.2. The third kappa shape index (κ3) is 4.75. The van der Waals surface area contributed by atoms with Crippen LogP contribution in [0.1, 0.15) is 68.8 Å². The van der Waals surface area contributed by atoms with Gasteiger partial charge in [0.1, 0.15) is 0 Å². The third-order valence-corrected chi connectivity index (χ3v) is 6.32. The summed E-state index contributed by atoms with van der Waals surface area (Å²) in [6.07, 6.45) is 0.934. The van der Waals surface area contributed by atoms with Crippen LogP contribution < -0.4 is 5.32 Å². The van der Waals surface area contributed by atoms with Crippen molar-refractivity contribution in [1.82, 2.24) is 4.90 Å². The van der Waals surface area contributed by atoms with Gasteiger partial charge in [0.05, 0.1) is 29.7 Å². The largest absolute Gasteiger partial charge is 0.462 e. The number of aryl methyl sites for hydroxylation is 1. The van der Waals surface area contributed by atoms with E-state index in [0.29, 0.717) is 16.8 Å². The fraction of sp³-hybridized carbons (Fsp3) is 0.310. The lowest BCUT2D eigenvalue weighted by Crippen LogP contribution is -2.33. The van der Waals surface area contributed by atoms with E-state index in [1.54, 1.807) is 19.1 Å². The van der Waals surface area contributed by atoms with Crippen molar-refractivity contribution in [2.24, 2.45) is 0 Å². The molecule has 176 valence electrons. The molecule has 34 heavy (non-hydrogen) atoms. The van der Waals surface area contributed by atoms with Gasteiger partial charge in [-0.3, -0.25) is 4.79 Å². The van der Waals surface area contributed by atoms with Crippen molar-refractivity contribution < 1.29 is 14.3 Å². The second-order valence-corrected chi connectivity index (χ2v) is 8.99. The van der Waals surface area contributed by atoms with Gasteiger partial charge < -0.3 is 15.0 Å². The zero-order chi connectivity index (χ0) is 24.2. The number of rotatable bonds is 7. The van der Waals surface area contributed by atoms with Crippen molar-refractivity contribution in [3.63, 3.8) is 0 Å². The predicted molar refractivity (Wildman–Crippen MR) is 135 cm³/mol. The van der Waals surface area contributed by atoms with Crippen molar-refractivity contribution >= 4 is 17.4 Å². The smallest absolute Gasteiger partial charge is 0.338 e. The van der Waals surface area contributed by atoms with E-state index in [4.69, 9.17) is 4.74 Å². The van der Waals surface area contributed by atoms with E-state index in [1.807, 2.05) is 32.3 Å². The average Bonchev–Trinajstić information content (AvgIpc) is 2.84. The van der Waals surface area contributed by atoms with Crippen LogP contribution in [0.2, 0.25) is 0 Å². The lowest BCUT2D eigenvalue weighted by Gasteiger charge is -2.35. The molecule has 5 nitrogen and oxygen atoms in total. The van der Waals surface area contributed by atoms with Gasteiger partial charge in [0, 0.05) is 12.2 Å². The quantitative estimate of drug-likeness (QED) is 0.468. The number of ether oxygens (including phenoxy) is 1. The summed E-state index contributed by atoms with van der Waals surface area (Å²) in [6.45, 7) is 4.99. The first kappa shape index (κ1) is 23.7. The molecule has 1 aliphatic heterocycles. The van der Waals surface area contributed by atoms with Gasteiger partial charge in [-0.1, -0.05) is 61.5 Å². The van der Waals surface area contributed by atoms with E-state index in [1.165, 1.54) is 11.1 Å². The Bertz CT molecular complexity index is 1170. The highest BCUT2D eigenvalue weighted by Gasteiger charge is 2.39. The average molecular weight is 457 g/mol. The number of benzene rings is 3. The lowest BCUT2D eigenvalue weighted by molar-refractivity contribution is 0.0522. The van der Waals surface area contributed by atoms with E-state index >= 15 is 0 Å². The van der Waals surface area contributed by atoms with Crippen molar-refractivity contribution in [2.45, 2.75) is 38.8 Å². The highest BCUT2D eigenvalue weighted by molar-refractivity contribution is 6.14. The van der Waals surface area contributed by atoms with Gasteiger partial charge in [-0.25, -0.2) is 4.79 Å². The summed E-state index contributed by atoms with van der Waals surface area (Å²) in [5.74, 6) is -1.00. The summed E-state index contributed by atoms with van der Waals surface area (Å²) in [4.78, 5) is 28.8. The van der Waals surface area contributed by atoms with E-state index in [9.17, 15) is 9.59 Å². The summed E-state index contributed by atoms with van der Waals surface area (Å²) in [6, 6.07) is 21.7. The Kier molecular flexibility index (Phi) is 7.13. The number of nitrogens with zero attached hydrogens (tertiary/aromatic N) is 1. The molecule has 1 N–H and O–H groups in total. The molecule has 0 spiro atoms. The first-order valence-electron chi connectivity index (χ1n) is 11.9. The van der Waals surface area contributed by atoms with Crippen LogP contribution in [-0.2, 0) is 17.7 Å². The van der Waals surface area contributed by atoms with Crippen LogP contribution in [0.3, 0.4) is 0 Å². The summed E-state index contributed by atoms with van der Waals surface area (Å²) < 4.78 is 5.25. The van der Waals surface area contributed by atoms with Crippen molar-refractivity contribution in [3.8, 4) is 0 Å². The van der Waals surface area contributed by atoms with Gasteiger partial charge in [-0.2, -0.15) is 0 Å². The lowest BCUT2D eigenvalue weighted by atomic mass is 9.77. The molecular weight excluding hydrogens is 424 g/mol. The Labute approximate surface area is 201 Å². The summed E-state index contributed by atoms with van der Waals surface area (Å²) >= 11 is 0. The molecule has 3 aromatic rings. The molecule has 2 atom stereocenters. The number of ketones is 1. The van der Waals surface area contributed by atoms with Gasteiger partial charge in [-0.05, 0) is 61.8 Å². The third-order valence-electron chi connectivity index (χ3n) is 6.32. The molecule has 0 radical (unpaired) electrons. The number of anilines is 1. The Balaban J connectivity index is 1.81. The fourth-order valence-corrected chi connectivity index (χ4v) is 4.65. The molecule has 1 heterocycles. The molecule has 4 rings (SSSR count). The summed E-state index contributed by atoms with van der Waals surface area (Å²) in [5.41, 5.74) is 5.79. The number of carbonyl (C=O) groups is 2. The molecule has 1 aliphatic rings. The van der Waals surface area contributed by atoms with Crippen molar-refractivity contribution in [2.75, 3.05) is 26.0 Å². The van der Waals surface area contributed by atoms with Crippen LogP contribution in [0.15, 0.2) is 66.7 Å². The van der Waals surface area contributed by atoms with Crippen LogP contribution in [0, 0.1) is 0 Å². The molecule has 0 aromatic heterocycles. The number of fused-ring (bicyclic) bond motifs is 1. The number of carbonyl (C=O) groups excluding carboxylic acids is 2. The van der Waals surface area contributed by atoms with Crippen LogP contribution in [0.25, 0.3) is 0 Å². The highest BCUT2D eigenvalue weighted by Crippen LogP contribution is 2.43. The van der Waals surface area contributed by atoms with Gasteiger partial charge in [0.15, 0.2) is 5.78 Å². The predicted octanol–water partition coefficient (Wildman–Crippen LogP) is 5.62. The number of nitrogens with one attached hydrogen (secondary N) is 1. The van der Waals surface area contributed by atoms with E-state index in [-0.39, 0.29) is 18.4 Å². The first-order valence-corrected chi connectivity index (χ1v) is 11.9. The normalized spacial score (nSPS) is 17.3. The Morgan fingerprint density at radius 2 is 1.56 bits per heavy atom. The van der Waals surface area contributed by atoms with Crippen molar-refractivity contribution in [1.29, 1.82) is 0 Å². The molecule has 0 fully saturated rings. The van der Waals surface area contributed by atoms with E-state index in [2.05, 4.69) is 53.5 Å². The topological polar surface area (TPSA) is 58.6 Å². The number of hydrogen-bond acceptors (Lipinski definition) is 5. The molecule has 0 saturated carbocycles. The minimum absolute atomic E-state index is 0.0657. The molecule has 3 aromatic carbocycles. The molecule has 0 amide bonds. The zero-order valence-corrected chi connectivity index (χ0v) is 20.3. The minimum atomic E-state index is -0.471. The summed E-state index contributed by atoms with van der Waals surface area (Å²) in [7, 11) is 4.09. The van der Waals surface area contributed by atoms with Gasteiger partial charge in [-0.15, -0.1) is 0 Å². The maximum absolute atomic E-state index is 14.0. The van der Waals surface area contributed by atoms with Crippen LogP contribution in [0.4, 0.5) is 5.69 Å². The molecule has 0 aliphatic carbocycles. The Morgan fingerprint density at radius 1 is 0.912 bits per heavy atom. The van der Waals surface area contributed by atoms with Crippen LogP contribution >= 0.6 is 0 Å². The number of Topliss-reactive ketones (excluding diaryl/α,β-unsaturated/α-hetero) is 1. The van der Waals surface area contributed by atoms with Gasteiger partial charge >= 0.3 is 5.97 Å². The monoisotopic (exact) mass is 456 g/mol. The molecular formula is C29H32N2O3. The standard InChI is InChI=1S/C29H32N2O3/c1-5-19-10-14-21(15-11-19)25-27(22-16-12-20(13-17-22)18-31(3)4)30-24-9-7-8-23(26(24)28(25)32)29(33)34-6-2/h7-17,25,27,30H,5-6,18H2,1-4H3. The van der Waals surface area contributed by atoms with E-state index in [0.717, 1.165) is 24.1 Å². The molecule has 0 saturated heterocycles. The SMILES string of the molecule is CCOC(=O)c1cccc2c1C(=O)C(c1ccc(CC)cc1)C(c1ccc(CN(C)C)cc1)N2. The maximum atomic E-state index is 14.0. The maximum Gasteiger partial charge on any atom is 0.338 e. The van der Waals surface area contributed by atoms with E-state index < -0.39 is 11.9 Å².